The van der Waals surface area contributed by atoms with E-state index >= 15 is 0 Å². The lowest BCUT2D eigenvalue weighted by Gasteiger charge is -1.69. The first kappa shape index (κ1) is 5.56. The highest BCUT2D eigenvalue weighted by molar-refractivity contribution is 9.06. The Kier molecular flexibility index (Phi) is 6.34. The predicted octanol–water partition coefficient (Wildman–Crippen LogP) is 1.95. The van der Waals surface area contributed by atoms with E-state index in [4.69, 9.17) is 0 Å². The summed E-state index contributed by atoms with van der Waals surface area (Å²) in [5.41, 5.74) is 0. The minimum absolute atomic E-state index is 1.65. The zero-order valence-corrected chi connectivity index (χ0v) is 5.91. The van der Waals surface area contributed by atoms with Crippen LogP contribution in [-0.4, -0.2) is 0 Å². The molecule has 0 aliphatic rings. The highest BCUT2D eigenvalue weighted by atomic mass is 33.5. The van der Waals surface area contributed by atoms with Crippen LogP contribution in [-0.2, 0) is 0 Å². The van der Waals surface area contributed by atoms with Gasteiger partial charge in [0.25, 0.3) is 0 Å². The molecule has 0 aromatic heterocycles. The average molecular weight is 130 g/mol. The summed E-state index contributed by atoms with van der Waals surface area (Å²) >= 11 is 0. The lowest BCUT2D eigenvalue weighted by Crippen LogP contribution is -0.914. The van der Waals surface area contributed by atoms with Crippen molar-refractivity contribution in [3.63, 3.8) is 0 Å². The lowest BCUT2D eigenvalue weighted by molar-refractivity contribution is 5.74. The van der Waals surface area contributed by atoms with Crippen molar-refractivity contribution in [2.24, 2.45) is 0 Å². The van der Waals surface area contributed by atoms with Crippen LogP contribution < -0.4 is 0 Å². The van der Waals surface area contributed by atoms with Crippen LogP contribution in [0.4, 0.5) is 0 Å². The van der Waals surface area contributed by atoms with Crippen LogP contribution in [0, 0.1) is 0 Å². The number of rotatable bonds is 1. The van der Waals surface area contributed by atoms with Gasteiger partial charge < -0.3 is 0 Å². The van der Waals surface area contributed by atoms with Crippen molar-refractivity contribution in [1.82, 2.24) is 0 Å². The molecule has 0 saturated heterocycles. The van der Waals surface area contributed by atoms with Gasteiger partial charge in [0.05, 0.1) is 0 Å². The smallest absolute Gasteiger partial charge is 0.0641 e. The van der Waals surface area contributed by atoms with E-state index in [1.54, 1.807) is 20.8 Å². The third kappa shape index (κ3) is 3.56. The van der Waals surface area contributed by atoms with Gasteiger partial charge in [-0.1, -0.05) is 37.7 Å². The molecule has 26 valence electrons. The molecule has 0 bridgehead atoms. The van der Waals surface area contributed by atoms with Crippen molar-refractivity contribution in [3.8, 4) is 0 Å². The fourth-order valence-corrected chi connectivity index (χ4v) is 0. The molecule has 0 saturated carbocycles. The third-order valence-electron chi connectivity index (χ3n) is 0.0556. The second kappa shape index (κ2) is 4.56. The van der Waals surface area contributed by atoms with Gasteiger partial charge in [-0.3, -0.25) is 0 Å². The van der Waals surface area contributed by atoms with Gasteiger partial charge >= 0.3 is 0 Å². The molecule has 2 unspecified atom stereocenters. The monoisotopic (exact) mass is 130 g/mol. The van der Waals surface area contributed by atoms with E-state index in [1.807, 2.05) is 0 Å². The van der Waals surface area contributed by atoms with E-state index in [2.05, 4.69) is 16.9 Å². The van der Waals surface area contributed by atoms with E-state index < -0.39 is 0 Å². The minimum Gasteiger partial charge on any atom is -0.0697 e. The predicted molar refractivity (Wildman–Crippen MR) is 34.6 cm³/mol. The normalized spacial score (nSPS) is 7.50. The Bertz CT molecular complexity index is 6.00. The standard InChI is InChI=1S/H4P2S2/c1-3-4-2/h1-2H2. The maximum Gasteiger partial charge on any atom is -0.0641 e. The maximum atomic E-state index is 2.51. The third-order valence-corrected chi connectivity index (χ3v) is 4.50. The maximum absolute atomic E-state index is 2.51. The molecular formula is H4P2S2. The van der Waals surface area contributed by atoms with E-state index in [0.717, 1.165) is 0 Å². The number of hydrogen-bond donors (Lipinski definition) is 0. The zero-order chi connectivity index (χ0) is 3.41. The van der Waals surface area contributed by atoms with E-state index in [-0.39, 0.29) is 0 Å². The minimum atomic E-state index is 1.65. The molecule has 0 aliphatic heterocycles. The van der Waals surface area contributed by atoms with Crippen LogP contribution in [0.25, 0.3) is 0 Å². The van der Waals surface area contributed by atoms with Crippen LogP contribution in [0.3, 0.4) is 0 Å². The largest absolute Gasteiger partial charge is 0.0697 e. The van der Waals surface area contributed by atoms with Crippen molar-refractivity contribution in [1.29, 1.82) is 0 Å². The molecule has 4 heavy (non-hydrogen) atoms. The molecule has 0 N–H and O–H groups in total. The summed E-state index contributed by atoms with van der Waals surface area (Å²) in [5.74, 6) is 0. The van der Waals surface area contributed by atoms with Crippen molar-refractivity contribution in [2.45, 2.75) is 0 Å². The first-order valence-electron chi connectivity index (χ1n) is 0.638. The first-order valence-corrected chi connectivity index (χ1v) is 5.74. The molecule has 0 heterocycles. The van der Waals surface area contributed by atoms with Crippen molar-refractivity contribution in [2.75, 3.05) is 0 Å². The van der Waals surface area contributed by atoms with Crippen LogP contribution in [0.5, 0.6) is 0 Å². The summed E-state index contributed by atoms with van der Waals surface area (Å²) in [6, 6.07) is 0. The molecule has 0 fully saturated rings. The summed E-state index contributed by atoms with van der Waals surface area (Å²) in [4.78, 5) is 0. The molecular weight excluding hydrogens is 126 g/mol. The van der Waals surface area contributed by atoms with Gasteiger partial charge in [-0.15, -0.1) is 0 Å². The van der Waals surface area contributed by atoms with E-state index in [9.17, 15) is 0 Å². The Morgan fingerprint density at radius 2 is 1.25 bits per heavy atom. The molecule has 0 aliphatic carbocycles. The van der Waals surface area contributed by atoms with E-state index in [1.165, 1.54) is 0 Å². The second-order valence-corrected chi connectivity index (χ2v) is 5.20. The Labute approximate surface area is 38.2 Å². The van der Waals surface area contributed by atoms with Crippen molar-refractivity contribution >= 4 is 37.7 Å². The Balaban J connectivity index is 1.97. The first-order chi connectivity index (χ1) is 1.91. The van der Waals surface area contributed by atoms with Gasteiger partial charge in [-0.25, -0.2) is 0 Å². The fourth-order valence-electron chi connectivity index (χ4n) is 0. The van der Waals surface area contributed by atoms with Crippen molar-refractivity contribution in [3.05, 3.63) is 0 Å². The molecule has 0 radical (unpaired) electrons. The summed E-state index contributed by atoms with van der Waals surface area (Å²) < 4.78 is 0. The van der Waals surface area contributed by atoms with Gasteiger partial charge in [-0.05, 0) is 0 Å². The van der Waals surface area contributed by atoms with Gasteiger partial charge in [0.2, 0.25) is 0 Å². The number of hydrogen-bond acceptors (Lipinski definition) is 2. The Morgan fingerprint density at radius 1 is 1.00 bits per heavy atom. The van der Waals surface area contributed by atoms with Gasteiger partial charge in [0.1, 0.15) is 0 Å². The molecule has 0 aromatic carbocycles. The van der Waals surface area contributed by atoms with Gasteiger partial charge in [0.15, 0.2) is 0 Å². The van der Waals surface area contributed by atoms with Crippen LogP contribution in [0.2, 0.25) is 0 Å². The van der Waals surface area contributed by atoms with Crippen LogP contribution in [0.1, 0.15) is 0 Å². The Hall–Kier alpha value is 1.56. The van der Waals surface area contributed by atoms with Gasteiger partial charge in [-0.2, -0.15) is 0 Å². The Morgan fingerprint density at radius 3 is 1.25 bits per heavy atom. The quantitative estimate of drug-likeness (QED) is 0.393. The van der Waals surface area contributed by atoms with Crippen molar-refractivity contribution < 1.29 is 0 Å². The summed E-state index contributed by atoms with van der Waals surface area (Å²) in [6.07, 6.45) is 0. The fraction of sp³-hybridized carbons (Fsp3) is 0. The molecule has 4 heteroatoms. The van der Waals surface area contributed by atoms with Crippen LogP contribution in [0.15, 0.2) is 0 Å². The van der Waals surface area contributed by atoms with Crippen LogP contribution >= 0.6 is 37.7 Å². The molecule has 2 atom stereocenters. The molecule has 0 rings (SSSR count). The molecule has 0 amide bonds. The lowest BCUT2D eigenvalue weighted by atomic mass is 30.0. The second-order valence-electron chi connectivity index (χ2n) is 0.192. The highest BCUT2D eigenvalue weighted by Gasteiger charge is 1.55. The molecule has 0 spiro atoms. The highest BCUT2D eigenvalue weighted by Crippen LogP contribution is 2.33. The molecule has 0 aromatic rings. The topological polar surface area (TPSA) is 0 Å². The SMILES string of the molecule is PSSP. The summed E-state index contributed by atoms with van der Waals surface area (Å²) in [7, 11) is 8.33. The summed E-state index contributed by atoms with van der Waals surface area (Å²) in [5, 5.41) is 0. The average Bonchev–Trinajstić information content (AvgIpc) is 1.37. The summed E-state index contributed by atoms with van der Waals surface area (Å²) in [6.45, 7) is 0. The van der Waals surface area contributed by atoms with Gasteiger partial charge in [0, 0.05) is 0 Å². The molecule has 0 nitrogen and oxygen atoms in total. The zero-order valence-electron chi connectivity index (χ0n) is 1.97. The van der Waals surface area contributed by atoms with E-state index in [0.29, 0.717) is 0 Å².